The summed E-state index contributed by atoms with van der Waals surface area (Å²) in [5, 5.41) is 14.5. The van der Waals surface area contributed by atoms with E-state index in [0.717, 1.165) is 17.9 Å². The number of nitrogens with one attached hydrogen (secondary N) is 2. The zero-order valence-electron chi connectivity index (χ0n) is 11.6. The molecule has 106 valence electrons. The van der Waals surface area contributed by atoms with E-state index in [1.54, 1.807) is 0 Å². The van der Waals surface area contributed by atoms with Gasteiger partial charge in [0.05, 0.1) is 12.1 Å². The molecule has 3 rings (SSSR count). The van der Waals surface area contributed by atoms with Crippen molar-refractivity contribution in [2.24, 2.45) is 0 Å². The summed E-state index contributed by atoms with van der Waals surface area (Å²) in [4.78, 5) is 0. The van der Waals surface area contributed by atoms with Crippen LogP contribution in [-0.4, -0.2) is 23.3 Å². The molecule has 0 bridgehead atoms. The minimum atomic E-state index is 0.0499. The molecule has 6 heteroatoms. The first kappa shape index (κ1) is 12.9. The number of fused-ring (bicyclic) bond motifs is 1. The van der Waals surface area contributed by atoms with Crippen LogP contribution in [-0.2, 0) is 0 Å². The molecule has 0 aliphatic carbocycles. The van der Waals surface area contributed by atoms with E-state index in [9.17, 15) is 0 Å². The molecule has 0 fully saturated rings. The highest BCUT2D eigenvalue weighted by molar-refractivity contribution is 5.43. The second-order valence-corrected chi connectivity index (χ2v) is 4.77. The van der Waals surface area contributed by atoms with Gasteiger partial charge in [-0.25, -0.2) is 0 Å². The lowest BCUT2D eigenvalue weighted by Crippen LogP contribution is -2.17. The van der Waals surface area contributed by atoms with E-state index >= 15 is 0 Å². The molecule has 1 aromatic heterocycles. The molecule has 1 aliphatic rings. The Balaban J connectivity index is 1.70. The van der Waals surface area contributed by atoms with E-state index in [0.29, 0.717) is 18.5 Å². The number of nitrogens with zero attached hydrogens (tertiary/aromatic N) is 2. The van der Waals surface area contributed by atoms with Crippen LogP contribution < -0.4 is 15.4 Å². The van der Waals surface area contributed by atoms with Crippen molar-refractivity contribution in [3.05, 3.63) is 35.7 Å². The predicted octanol–water partition coefficient (Wildman–Crippen LogP) is 2.29. The fraction of sp³-hybridized carbons (Fsp3) is 0.429. The molecule has 0 radical (unpaired) electrons. The third-order valence-corrected chi connectivity index (χ3v) is 3.32. The Hall–Kier alpha value is -2.08. The first-order valence-electron chi connectivity index (χ1n) is 6.83. The van der Waals surface area contributed by atoms with Crippen molar-refractivity contribution < 1.29 is 9.15 Å². The van der Waals surface area contributed by atoms with Crippen LogP contribution in [0.5, 0.6) is 5.75 Å². The van der Waals surface area contributed by atoms with Gasteiger partial charge >= 0.3 is 6.01 Å². The molecule has 6 nitrogen and oxygen atoms in total. The maximum absolute atomic E-state index is 5.62. The van der Waals surface area contributed by atoms with Gasteiger partial charge in [-0.1, -0.05) is 30.2 Å². The van der Waals surface area contributed by atoms with Crippen molar-refractivity contribution >= 4 is 6.01 Å². The summed E-state index contributed by atoms with van der Waals surface area (Å²) in [5.41, 5.74) is 1.12. The van der Waals surface area contributed by atoms with Crippen LogP contribution in [0.3, 0.4) is 0 Å². The SMILES string of the molecule is CCNC(C)c1nnc(NC2COc3ccccc32)o1. The Kier molecular flexibility index (Phi) is 3.56. The molecule has 0 spiro atoms. The summed E-state index contributed by atoms with van der Waals surface area (Å²) in [6.07, 6.45) is 0. The van der Waals surface area contributed by atoms with Crippen LogP contribution in [0.1, 0.15) is 37.4 Å². The topological polar surface area (TPSA) is 72.2 Å². The Morgan fingerprint density at radius 3 is 3.05 bits per heavy atom. The van der Waals surface area contributed by atoms with Crippen LogP contribution >= 0.6 is 0 Å². The van der Waals surface area contributed by atoms with Crippen LogP contribution in [0.25, 0.3) is 0 Å². The van der Waals surface area contributed by atoms with Crippen molar-refractivity contribution in [1.82, 2.24) is 15.5 Å². The standard InChI is InChI=1S/C14H18N4O2/c1-3-15-9(2)13-17-18-14(20-13)16-11-8-19-12-7-5-4-6-10(11)12/h4-7,9,11,15H,3,8H2,1-2H3,(H,16,18). The van der Waals surface area contributed by atoms with Gasteiger partial charge in [-0.05, 0) is 19.5 Å². The molecule has 0 saturated carbocycles. The molecule has 20 heavy (non-hydrogen) atoms. The van der Waals surface area contributed by atoms with Gasteiger partial charge in [0.1, 0.15) is 12.4 Å². The fourth-order valence-corrected chi connectivity index (χ4v) is 2.29. The average molecular weight is 274 g/mol. The van der Waals surface area contributed by atoms with E-state index in [4.69, 9.17) is 9.15 Å². The third kappa shape index (κ3) is 2.46. The van der Waals surface area contributed by atoms with Crippen molar-refractivity contribution in [2.45, 2.75) is 25.9 Å². The highest BCUT2D eigenvalue weighted by Crippen LogP contribution is 2.33. The number of anilines is 1. The zero-order chi connectivity index (χ0) is 13.9. The average Bonchev–Trinajstić information content (AvgIpc) is 3.08. The van der Waals surface area contributed by atoms with Gasteiger partial charge in [0.15, 0.2) is 0 Å². The summed E-state index contributed by atoms with van der Waals surface area (Å²) < 4.78 is 11.2. The molecule has 1 aromatic carbocycles. The van der Waals surface area contributed by atoms with Crippen molar-refractivity contribution in [1.29, 1.82) is 0 Å². The lowest BCUT2D eigenvalue weighted by Gasteiger charge is -2.09. The maximum Gasteiger partial charge on any atom is 0.316 e. The normalized spacial score (nSPS) is 18.4. The number of hydrogen-bond donors (Lipinski definition) is 2. The quantitative estimate of drug-likeness (QED) is 0.871. The molecule has 2 aromatic rings. The van der Waals surface area contributed by atoms with E-state index in [1.807, 2.05) is 38.1 Å². The molecular weight excluding hydrogens is 256 g/mol. The third-order valence-electron chi connectivity index (χ3n) is 3.32. The van der Waals surface area contributed by atoms with Crippen LogP contribution in [0, 0.1) is 0 Å². The number of aromatic nitrogens is 2. The van der Waals surface area contributed by atoms with Crippen molar-refractivity contribution in [3.63, 3.8) is 0 Å². The van der Waals surface area contributed by atoms with Gasteiger partial charge in [-0.3, -0.25) is 0 Å². The molecule has 2 atom stereocenters. The minimum Gasteiger partial charge on any atom is -0.491 e. The maximum atomic E-state index is 5.62. The Labute approximate surface area is 117 Å². The number of ether oxygens (including phenoxy) is 1. The summed E-state index contributed by atoms with van der Waals surface area (Å²) in [6, 6.07) is 8.49. The molecule has 0 saturated heterocycles. The smallest absolute Gasteiger partial charge is 0.316 e. The zero-order valence-corrected chi connectivity index (χ0v) is 11.6. The highest BCUT2D eigenvalue weighted by atomic mass is 16.5. The second-order valence-electron chi connectivity index (χ2n) is 4.77. The van der Waals surface area contributed by atoms with E-state index < -0.39 is 0 Å². The number of rotatable bonds is 5. The number of hydrogen-bond acceptors (Lipinski definition) is 6. The summed E-state index contributed by atoms with van der Waals surface area (Å²) in [5.74, 6) is 1.49. The minimum absolute atomic E-state index is 0.0499. The van der Waals surface area contributed by atoms with Gasteiger partial charge in [0.2, 0.25) is 5.89 Å². The lowest BCUT2D eigenvalue weighted by molar-refractivity contribution is 0.336. The Morgan fingerprint density at radius 1 is 1.35 bits per heavy atom. The van der Waals surface area contributed by atoms with Gasteiger partial charge in [-0.15, -0.1) is 5.10 Å². The van der Waals surface area contributed by atoms with Crippen LogP contribution in [0.4, 0.5) is 6.01 Å². The van der Waals surface area contributed by atoms with E-state index in [2.05, 4.69) is 20.8 Å². The van der Waals surface area contributed by atoms with Crippen LogP contribution in [0.2, 0.25) is 0 Å². The molecule has 1 aliphatic heterocycles. The monoisotopic (exact) mass is 274 g/mol. The van der Waals surface area contributed by atoms with Gasteiger partial charge in [-0.2, -0.15) is 0 Å². The second kappa shape index (κ2) is 5.50. The molecule has 2 N–H and O–H groups in total. The molecule has 2 heterocycles. The van der Waals surface area contributed by atoms with Gasteiger partial charge < -0.3 is 19.8 Å². The van der Waals surface area contributed by atoms with Gasteiger partial charge in [0.25, 0.3) is 0 Å². The number of para-hydroxylation sites is 1. The molecule has 2 unspecified atom stereocenters. The lowest BCUT2D eigenvalue weighted by atomic mass is 10.1. The largest absolute Gasteiger partial charge is 0.491 e. The first-order chi connectivity index (χ1) is 9.78. The number of benzene rings is 1. The first-order valence-corrected chi connectivity index (χ1v) is 6.83. The van der Waals surface area contributed by atoms with Crippen LogP contribution in [0.15, 0.2) is 28.7 Å². The van der Waals surface area contributed by atoms with Crippen molar-refractivity contribution in [2.75, 3.05) is 18.5 Å². The summed E-state index contributed by atoms with van der Waals surface area (Å²) in [6.45, 7) is 5.46. The fourth-order valence-electron chi connectivity index (χ4n) is 2.29. The highest BCUT2D eigenvalue weighted by Gasteiger charge is 2.25. The summed E-state index contributed by atoms with van der Waals surface area (Å²) in [7, 11) is 0. The predicted molar refractivity (Wildman–Crippen MR) is 74.7 cm³/mol. The molecule has 0 amide bonds. The summed E-state index contributed by atoms with van der Waals surface area (Å²) >= 11 is 0. The van der Waals surface area contributed by atoms with E-state index in [-0.39, 0.29) is 12.1 Å². The van der Waals surface area contributed by atoms with E-state index in [1.165, 1.54) is 0 Å². The molecular formula is C14H18N4O2. The Bertz CT molecular complexity index is 584. The van der Waals surface area contributed by atoms with Crippen molar-refractivity contribution in [3.8, 4) is 5.75 Å². The van der Waals surface area contributed by atoms with Gasteiger partial charge in [0, 0.05) is 5.56 Å². The Morgan fingerprint density at radius 2 is 2.20 bits per heavy atom.